The number of hydrogen-bond donors (Lipinski definition) is 1. The molecule has 0 aliphatic carbocycles. The second kappa shape index (κ2) is 6.18. The smallest absolute Gasteiger partial charge is 0.228 e. The van der Waals surface area contributed by atoms with Crippen LogP contribution in [-0.2, 0) is 12.8 Å². The number of hydrogen-bond acceptors (Lipinski definition) is 4. The van der Waals surface area contributed by atoms with Gasteiger partial charge in [-0.1, -0.05) is 56.3 Å². The van der Waals surface area contributed by atoms with Crippen molar-refractivity contribution in [3.63, 3.8) is 0 Å². The Kier molecular flexibility index (Phi) is 4.55. The van der Waals surface area contributed by atoms with Crippen LogP contribution in [0, 0.1) is 5.41 Å². The average Bonchev–Trinajstić information content (AvgIpc) is 2.75. The van der Waals surface area contributed by atoms with E-state index in [0.29, 0.717) is 24.6 Å². The van der Waals surface area contributed by atoms with Crippen molar-refractivity contribution in [1.82, 2.24) is 10.1 Å². The van der Waals surface area contributed by atoms with Gasteiger partial charge in [0.1, 0.15) is 0 Å². The summed E-state index contributed by atoms with van der Waals surface area (Å²) in [5.41, 5.74) is 7.52. The first kappa shape index (κ1) is 14.7. The fourth-order valence-electron chi connectivity index (χ4n) is 2.31. The van der Waals surface area contributed by atoms with Gasteiger partial charge >= 0.3 is 0 Å². The molecule has 0 saturated heterocycles. The van der Waals surface area contributed by atoms with E-state index in [4.69, 9.17) is 10.3 Å². The van der Waals surface area contributed by atoms with Crippen LogP contribution in [0.1, 0.15) is 44.5 Å². The van der Waals surface area contributed by atoms with Gasteiger partial charge in [-0.2, -0.15) is 4.98 Å². The summed E-state index contributed by atoms with van der Waals surface area (Å²) < 4.78 is 5.28. The molecule has 0 aliphatic heterocycles. The summed E-state index contributed by atoms with van der Waals surface area (Å²) in [6.07, 6.45) is 2.27. The molecule has 0 aliphatic rings. The van der Waals surface area contributed by atoms with Gasteiger partial charge in [-0.05, 0) is 17.4 Å². The molecule has 0 amide bonds. The fourth-order valence-corrected chi connectivity index (χ4v) is 2.31. The zero-order chi connectivity index (χ0) is 14.6. The Morgan fingerprint density at radius 2 is 1.90 bits per heavy atom. The van der Waals surface area contributed by atoms with Crippen LogP contribution in [0.25, 0.3) is 0 Å². The van der Waals surface area contributed by atoms with Crippen molar-refractivity contribution in [1.29, 1.82) is 0 Å². The van der Waals surface area contributed by atoms with Crippen LogP contribution in [-0.4, -0.2) is 16.2 Å². The van der Waals surface area contributed by atoms with Crippen molar-refractivity contribution in [3.05, 3.63) is 47.6 Å². The SMILES string of the molecule is CC(C)(C)CC(N)Cc1nc(Cc2ccccc2)no1. The minimum absolute atomic E-state index is 0.0556. The summed E-state index contributed by atoms with van der Waals surface area (Å²) in [7, 11) is 0. The van der Waals surface area contributed by atoms with Gasteiger partial charge < -0.3 is 10.3 Å². The van der Waals surface area contributed by atoms with Crippen molar-refractivity contribution in [2.24, 2.45) is 11.1 Å². The summed E-state index contributed by atoms with van der Waals surface area (Å²) >= 11 is 0. The van der Waals surface area contributed by atoms with E-state index >= 15 is 0 Å². The third-order valence-electron chi connectivity index (χ3n) is 3.03. The third-order valence-corrected chi connectivity index (χ3v) is 3.03. The highest BCUT2D eigenvalue weighted by Gasteiger charge is 2.18. The molecule has 108 valence electrons. The van der Waals surface area contributed by atoms with Gasteiger partial charge in [0.25, 0.3) is 0 Å². The van der Waals surface area contributed by atoms with Crippen LogP contribution in [0.2, 0.25) is 0 Å². The quantitative estimate of drug-likeness (QED) is 0.909. The fraction of sp³-hybridized carbons (Fsp3) is 0.500. The van der Waals surface area contributed by atoms with Gasteiger partial charge in [0.2, 0.25) is 5.89 Å². The Bertz CT molecular complexity index is 528. The van der Waals surface area contributed by atoms with E-state index in [-0.39, 0.29) is 11.5 Å². The van der Waals surface area contributed by atoms with E-state index in [2.05, 4.69) is 43.0 Å². The van der Waals surface area contributed by atoms with E-state index in [1.54, 1.807) is 0 Å². The highest BCUT2D eigenvalue weighted by Crippen LogP contribution is 2.21. The Morgan fingerprint density at radius 1 is 1.20 bits per heavy atom. The predicted octanol–water partition coefficient (Wildman–Crippen LogP) is 2.97. The molecule has 1 heterocycles. The lowest BCUT2D eigenvalue weighted by Crippen LogP contribution is -2.28. The lowest BCUT2D eigenvalue weighted by Gasteiger charge is -2.21. The molecule has 20 heavy (non-hydrogen) atoms. The minimum atomic E-state index is 0.0556. The average molecular weight is 273 g/mol. The van der Waals surface area contributed by atoms with Gasteiger partial charge in [0.05, 0.1) is 0 Å². The number of aromatic nitrogens is 2. The standard InChI is InChI=1S/C16H23N3O/c1-16(2,3)11-13(17)10-15-18-14(19-20-15)9-12-7-5-4-6-8-12/h4-8,13H,9-11,17H2,1-3H3. The molecule has 0 spiro atoms. The first-order valence-corrected chi connectivity index (χ1v) is 7.03. The molecule has 1 aromatic carbocycles. The lowest BCUT2D eigenvalue weighted by molar-refractivity contribution is 0.312. The van der Waals surface area contributed by atoms with Crippen molar-refractivity contribution < 1.29 is 4.52 Å². The molecule has 0 fully saturated rings. The maximum atomic E-state index is 6.13. The number of rotatable bonds is 5. The summed E-state index contributed by atoms with van der Waals surface area (Å²) in [6, 6.07) is 10.2. The third kappa shape index (κ3) is 4.78. The van der Waals surface area contributed by atoms with Crippen molar-refractivity contribution in [2.75, 3.05) is 0 Å². The topological polar surface area (TPSA) is 64.9 Å². The Balaban J connectivity index is 1.92. The highest BCUT2D eigenvalue weighted by atomic mass is 16.5. The molecule has 4 heteroatoms. The van der Waals surface area contributed by atoms with Crippen molar-refractivity contribution in [2.45, 2.75) is 46.1 Å². The minimum Gasteiger partial charge on any atom is -0.339 e. The zero-order valence-corrected chi connectivity index (χ0v) is 12.5. The maximum Gasteiger partial charge on any atom is 0.228 e. The van der Waals surface area contributed by atoms with Crippen molar-refractivity contribution in [3.8, 4) is 0 Å². The molecule has 0 saturated carbocycles. The molecule has 2 aromatic rings. The van der Waals surface area contributed by atoms with E-state index in [9.17, 15) is 0 Å². The number of nitrogens with two attached hydrogens (primary N) is 1. The van der Waals surface area contributed by atoms with Crippen LogP contribution in [0.5, 0.6) is 0 Å². The molecule has 2 N–H and O–H groups in total. The predicted molar refractivity (Wildman–Crippen MR) is 79.3 cm³/mol. The monoisotopic (exact) mass is 273 g/mol. The Morgan fingerprint density at radius 3 is 2.55 bits per heavy atom. The van der Waals surface area contributed by atoms with E-state index in [1.807, 2.05) is 18.2 Å². The van der Waals surface area contributed by atoms with Gasteiger partial charge in [-0.15, -0.1) is 0 Å². The van der Waals surface area contributed by atoms with E-state index in [1.165, 1.54) is 5.56 Å². The molecule has 1 atom stereocenters. The largest absolute Gasteiger partial charge is 0.339 e. The summed E-state index contributed by atoms with van der Waals surface area (Å²) in [5, 5.41) is 4.02. The molecule has 1 aromatic heterocycles. The Hall–Kier alpha value is -1.68. The van der Waals surface area contributed by atoms with Crippen LogP contribution < -0.4 is 5.73 Å². The van der Waals surface area contributed by atoms with Gasteiger partial charge in [0, 0.05) is 18.9 Å². The van der Waals surface area contributed by atoms with E-state index in [0.717, 1.165) is 6.42 Å². The lowest BCUT2D eigenvalue weighted by atomic mass is 9.87. The molecule has 1 unspecified atom stereocenters. The summed E-state index contributed by atoms with van der Waals surface area (Å²) in [6.45, 7) is 6.55. The Labute approximate surface area is 120 Å². The second-order valence-electron chi connectivity index (χ2n) is 6.50. The van der Waals surface area contributed by atoms with Gasteiger partial charge in [0.15, 0.2) is 5.82 Å². The zero-order valence-electron chi connectivity index (χ0n) is 12.5. The van der Waals surface area contributed by atoms with Gasteiger partial charge in [-0.25, -0.2) is 0 Å². The molecule has 2 rings (SSSR count). The molecule has 4 nitrogen and oxygen atoms in total. The molecular weight excluding hydrogens is 250 g/mol. The normalized spacial score (nSPS) is 13.4. The second-order valence-corrected chi connectivity index (χ2v) is 6.50. The van der Waals surface area contributed by atoms with Crippen LogP contribution in [0.3, 0.4) is 0 Å². The molecular formula is C16H23N3O. The van der Waals surface area contributed by atoms with Gasteiger partial charge in [-0.3, -0.25) is 0 Å². The van der Waals surface area contributed by atoms with E-state index < -0.39 is 0 Å². The maximum absolute atomic E-state index is 6.13. The number of benzene rings is 1. The summed E-state index contributed by atoms with van der Waals surface area (Å²) in [5.74, 6) is 1.35. The summed E-state index contributed by atoms with van der Waals surface area (Å²) in [4.78, 5) is 4.42. The highest BCUT2D eigenvalue weighted by molar-refractivity contribution is 5.18. The first-order chi connectivity index (χ1) is 9.42. The first-order valence-electron chi connectivity index (χ1n) is 7.03. The van der Waals surface area contributed by atoms with Crippen LogP contribution >= 0.6 is 0 Å². The molecule has 0 bridgehead atoms. The molecule has 0 radical (unpaired) electrons. The van der Waals surface area contributed by atoms with Crippen molar-refractivity contribution >= 4 is 0 Å². The van der Waals surface area contributed by atoms with Crippen LogP contribution in [0.15, 0.2) is 34.9 Å². The van der Waals surface area contributed by atoms with Crippen LogP contribution in [0.4, 0.5) is 0 Å². The number of nitrogens with zero attached hydrogens (tertiary/aromatic N) is 2.